The van der Waals surface area contributed by atoms with E-state index in [0.29, 0.717) is 19.6 Å². The molecule has 1 aromatic carbocycles. The Morgan fingerprint density at radius 3 is 2.90 bits per heavy atom. The molecule has 1 unspecified atom stereocenters. The second kappa shape index (κ2) is 7.43. The molecule has 20 heavy (non-hydrogen) atoms. The van der Waals surface area contributed by atoms with E-state index in [9.17, 15) is 4.79 Å². The average molecular weight is 406 g/mol. The summed E-state index contributed by atoms with van der Waals surface area (Å²) in [5, 5.41) is 6.33. The number of amides is 1. The molecule has 0 spiro atoms. The predicted molar refractivity (Wildman–Crippen MR) is 85.9 cm³/mol. The SMILES string of the molecule is CCOc1c(Br)cc(Br)cc1CNCC1CCC(=O)N1. The van der Waals surface area contributed by atoms with Crippen LogP contribution in [0.5, 0.6) is 5.75 Å². The molecule has 6 heteroatoms. The summed E-state index contributed by atoms with van der Waals surface area (Å²) < 4.78 is 7.64. The summed E-state index contributed by atoms with van der Waals surface area (Å²) in [6, 6.07) is 4.27. The Morgan fingerprint density at radius 1 is 1.45 bits per heavy atom. The molecule has 1 atom stereocenters. The second-order valence-corrected chi connectivity index (χ2v) is 6.51. The van der Waals surface area contributed by atoms with E-state index in [1.54, 1.807) is 0 Å². The van der Waals surface area contributed by atoms with Gasteiger partial charge in [-0.1, -0.05) is 15.9 Å². The summed E-state index contributed by atoms with van der Waals surface area (Å²) in [6.45, 7) is 4.09. The first-order valence-electron chi connectivity index (χ1n) is 6.71. The summed E-state index contributed by atoms with van der Waals surface area (Å²) >= 11 is 7.02. The van der Waals surface area contributed by atoms with E-state index < -0.39 is 0 Å². The van der Waals surface area contributed by atoms with E-state index in [-0.39, 0.29) is 11.9 Å². The lowest BCUT2D eigenvalue weighted by atomic mass is 10.2. The lowest BCUT2D eigenvalue weighted by Crippen LogP contribution is -2.35. The summed E-state index contributed by atoms with van der Waals surface area (Å²) in [5.74, 6) is 1.02. The molecule has 2 N–H and O–H groups in total. The highest BCUT2D eigenvalue weighted by atomic mass is 79.9. The van der Waals surface area contributed by atoms with Crippen LogP contribution in [0, 0.1) is 0 Å². The van der Waals surface area contributed by atoms with Crippen LogP contribution >= 0.6 is 31.9 Å². The van der Waals surface area contributed by atoms with Crippen molar-refractivity contribution in [2.45, 2.75) is 32.4 Å². The minimum absolute atomic E-state index is 0.150. The zero-order valence-electron chi connectivity index (χ0n) is 11.3. The number of carbonyl (C=O) groups is 1. The smallest absolute Gasteiger partial charge is 0.220 e. The molecule has 1 saturated heterocycles. The van der Waals surface area contributed by atoms with Gasteiger partial charge in [-0.15, -0.1) is 0 Å². The number of ether oxygens (including phenoxy) is 1. The van der Waals surface area contributed by atoms with Gasteiger partial charge in [0.15, 0.2) is 0 Å². The van der Waals surface area contributed by atoms with E-state index in [4.69, 9.17) is 4.74 Å². The molecule has 0 radical (unpaired) electrons. The van der Waals surface area contributed by atoms with Crippen molar-refractivity contribution in [1.29, 1.82) is 0 Å². The third-order valence-electron chi connectivity index (χ3n) is 3.17. The molecule has 1 amide bonds. The van der Waals surface area contributed by atoms with Gasteiger partial charge in [0, 0.05) is 35.6 Å². The van der Waals surface area contributed by atoms with Crippen molar-refractivity contribution in [1.82, 2.24) is 10.6 Å². The summed E-state index contributed by atoms with van der Waals surface area (Å²) in [4.78, 5) is 11.1. The van der Waals surface area contributed by atoms with Crippen molar-refractivity contribution in [3.05, 3.63) is 26.6 Å². The van der Waals surface area contributed by atoms with Crippen molar-refractivity contribution >= 4 is 37.8 Å². The molecule has 2 rings (SSSR count). The normalized spacial score (nSPS) is 18.1. The quantitative estimate of drug-likeness (QED) is 0.764. The Morgan fingerprint density at radius 2 is 2.25 bits per heavy atom. The number of halogens is 2. The Bertz CT molecular complexity index is 494. The van der Waals surface area contributed by atoms with Gasteiger partial charge in [-0.05, 0) is 41.4 Å². The first-order valence-corrected chi connectivity index (χ1v) is 8.29. The molecule has 1 fully saturated rings. The topological polar surface area (TPSA) is 50.4 Å². The Kier molecular flexibility index (Phi) is 5.86. The number of rotatable bonds is 6. The molecule has 1 aliphatic heterocycles. The maximum atomic E-state index is 11.1. The lowest BCUT2D eigenvalue weighted by molar-refractivity contribution is -0.119. The molecule has 1 heterocycles. The molecule has 0 aliphatic carbocycles. The van der Waals surface area contributed by atoms with Crippen LogP contribution in [0.3, 0.4) is 0 Å². The molecular formula is C14H18Br2N2O2. The zero-order chi connectivity index (χ0) is 14.5. The monoisotopic (exact) mass is 404 g/mol. The highest BCUT2D eigenvalue weighted by Crippen LogP contribution is 2.32. The second-order valence-electron chi connectivity index (χ2n) is 4.74. The molecule has 110 valence electrons. The number of hydrogen-bond acceptors (Lipinski definition) is 3. The van der Waals surface area contributed by atoms with Crippen molar-refractivity contribution in [2.24, 2.45) is 0 Å². The van der Waals surface area contributed by atoms with Gasteiger partial charge in [0.05, 0.1) is 11.1 Å². The highest BCUT2D eigenvalue weighted by molar-refractivity contribution is 9.11. The van der Waals surface area contributed by atoms with Gasteiger partial charge in [0.25, 0.3) is 0 Å². The van der Waals surface area contributed by atoms with Crippen LogP contribution in [-0.4, -0.2) is 25.1 Å². The molecule has 0 saturated carbocycles. The van der Waals surface area contributed by atoms with E-state index in [0.717, 1.165) is 33.2 Å². The standard InChI is InChI=1S/C14H18Br2N2O2/c1-2-20-14-9(5-10(15)6-12(14)16)7-17-8-11-3-4-13(19)18-11/h5-6,11,17H,2-4,7-8H2,1H3,(H,18,19). The fourth-order valence-corrected chi connectivity index (χ4v) is 3.69. The minimum atomic E-state index is 0.150. The van der Waals surface area contributed by atoms with Gasteiger partial charge in [-0.2, -0.15) is 0 Å². The van der Waals surface area contributed by atoms with Crippen LogP contribution in [0.4, 0.5) is 0 Å². The van der Waals surface area contributed by atoms with Crippen LogP contribution in [0.1, 0.15) is 25.3 Å². The summed E-state index contributed by atoms with van der Waals surface area (Å²) in [6.07, 6.45) is 1.55. The number of carbonyl (C=O) groups excluding carboxylic acids is 1. The number of benzene rings is 1. The maximum absolute atomic E-state index is 11.1. The maximum Gasteiger partial charge on any atom is 0.220 e. The first-order chi connectivity index (χ1) is 9.60. The molecule has 0 bridgehead atoms. The van der Waals surface area contributed by atoms with Crippen LogP contribution in [0.2, 0.25) is 0 Å². The van der Waals surface area contributed by atoms with E-state index in [1.807, 2.05) is 13.0 Å². The average Bonchev–Trinajstić information content (AvgIpc) is 2.79. The van der Waals surface area contributed by atoms with E-state index in [1.165, 1.54) is 0 Å². The van der Waals surface area contributed by atoms with E-state index in [2.05, 4.69) is 48.6 Å². The van der Waals surface area contributed by atoms with Gasteiger partial charge < -0.3 is 15.4 Å². The Balaban J connectivity index is 1.95. The fourth-order valence-electron chi connectivity index (χ4n) is 2.26. The largest absolute Gasteiger partial charge is 0.492 e. The lowest BCUT2D eigenvalue weighted by Gasteiger charge is -2.15. The van der Waals surface area contributed by atoms with Crippen LogP contribution < -0.4 is 15.4 Å². The van der Waals surface area contributed by atoms with Crippen LogP contribution in [-0.2, 0) is 11.3 Å². The highest BCUT2D eigenvalue weighted by Gasteiger charge is 2.20. The van der Waals surface area contributed by atoms with Crippen LogP contribution in [0.15, 0.2) is 21.1 Å². The zero-order valence-corrected chi connectivity index (χ0v) is 14.5. The molecule has 4 nitrogen and oxygen atoms in total. The summed E-state index contributed by atoms with van der Waals surface area (Å²) in [7, 11) is 0. The van der Waals surface area contributed by atoms with Crippen molar-refractivity contribution in [3.63, 3.8) is 0 Å². The number of hydrogen-bond donors (Lipinski definition) is 2. The van der Waals surface area contributed by atoms with Crippen molar-refractivity contribution < 1.29 is 9.53 Å². The number of nitrogens with one attached hydrogen (secondary N) is 2. The Hall–Kier alpha value is -0.590. The van der Waals surface area contributed by atoms with Gasteiger partial charge in [-0.25, -0.2) is 0 Å². The van der Waals surface area contributed by atoms with E-state index >= 15 is 0 Å². The Labute approximate surface area is 135 Å². The first kappa shape index (κ1) is 15.8. The molecule has 1 aromatic rings. The summed E-state index contributed by atoms with van der Waals surface area (Å²) in [5.41, 5.74) is 1.09. The molecular weight excluding hydrogens is 388 g/mol. The minimum Gasteiger partial charge on any atom is -0.492 e. The molecule has 1 aliphatic rings. The van der Waals surface area contributed by atoms with Crippen molar-refractivity contribution in [2.75, 3.05) is 13.2 Å². The van der Waals surface area contributed by atoms with Crippen LogP contribution in [0.25, 0.3) is 0 Å². The third kappa shape index (κ3) is 4.20. The predicted octanol–water partition coefficient (Wildman–Crippen LogP) is 2.98. The van der Waals surface area contributed by atoms with Crippen molar-refractivity contribution in [3.8, 4) is 5.75 Å². The van der Waals surface area contributed by atoms with Gasteiger partial charge in [0.1, 0.15) is 5.75 Å². The van der Waals surface area contributed by atoms with Gasteiger partial charge >= 0.3 is 0 Å². The van der Waals surface area contributed by atoms with Gasteiger partial charge in [0.2, 0.25) is 5.91 Å². The third-order valence-corrected chi connectivity index (χ3v) is 4.21. The van der Waals surface area contributed by atoms with Gasteiger partial charge in [-0.3, -0.25) is 4.79 Å². The molecule has 0 aromatic heterocycles. The fraction of sp³-hybridized carbons (Fsp3) is 0.500.